The van der Waals surface area contributed by atoms with Gasteiger partial charge in [0.2, 0.25) is 0 Å². The summed E-state index contributed by atoms with van der Waals surface area (Å²) in [6.45, 7) is 5.99. The highest BCUT2D eigenvalue weighted by atomic mass is 19.2. The van der Waals surface area contributed by atoms with Gasteiger partial charge >= 0.3 is 0 Å². The molecule has 1 aromatic heterocycles. The summed E-state index contributed by atoms with van der Waals surface area (Å²) >= 11 is 0. The normalized spacial score (nSPS) is 11.1. The van der Waals surface area contributed by atoms with Crippen molar-refractivity contribution >= 4 is 10.9 Å². The van der Waals surface area contributed by atoms with Crippen LogP contribution in [0.1, 0.15) is 16.7 Å². The largest absolute Gasteiger partial charge is 0.247 e. The van der Waals surface area contributed by atoms with Gasteiger partial charge in [0.05, 0.1) is 11.2 Å². The Morgan fingerprint density at radius 2 is 1.38 bits per heavy atom. The third kappa shape index (κ3) is 2.51. The second-order valence-electron chi connectivity index (χ2n) is 5.49. The van der Waals surface area contributed by atoms with E-state index < -0.39 is 11.6 Å². The minimum Gasteiger partial charge on any atom is -0.247 e. The molecule has 0 aliphatic heterocycles. The van der Waals surface area contributed by atoms with Gasteiger partial charge in [0.25, 0.3) is 0 Å². The van der Waals surface area contributed by atoms with E-state index in [-0.39, 0.29) is 0 Å². The Morgan fingerprint density at radius 1 is 0.762 bits per heavy atom. The van der Waals surface area contributed by atoms with Crippen molar-refractivity contribution in [2.75, 3.05) is 0 Å². The van der Waals surface area contributed by atoms with E-state index in [1.165, 1.54) is 6.07 Å². The minimum atomic E-state index is -0.870. The zero-order valence-electron chi connectivity index (χ0n) is 12.2. The van der Waals surface area contributed by atoms with Gasteiger partial charge in [-0.3, -0.25) is 0 Å². The van der Waals surface area contributed by atoms with E-state index in [4.69, 9.17) is 0 Å². The first-order chi connectivity index (χ1) is 9.94. The van der Waals surface area contributed by atoms with E-state index in [0.717, 1.165) is 34.0 Å². The number of hydrogen-bond donors (Lipinski definition) is 0. The van der Waals surface area contributed by atoms with E-state index >= 15 is 0 Å². The number of nitrogens with zero attached hydrogens (tertiary/aromatic N) is 1. The van der Waals surface area contributed by atoms with Crippen LogP contribution in [0.3, 0.4) is 0 Å². The number of fused-ring (bicyclic) bond motifs is 1. The molecule has 1 heterocycles. The molecule has 0 saturated carbocycles. The Balaban J connectivity index is 2.27. The van der Waals surface area contributed by atoms with Crippen molar-refractivity contribution in [3.63, 3.8) is 0 Å². The minimum absolute atomic E-state index is 0.466. The fourth-order valence-corrected chi connectivity index (χ4v) is 2.68. The van der Waals surface area contributed by atoms with Gasteiger partial charge in [0.1, 0.15) is 0 Å². The highest BCUT2D eigenvalue weighted by Crippen LogP contribution is 2.27. The molecule has 0 saturated heterocycles. The van der Waals surface area contributed by atoms with Crippen molar-refractivity contribution in [1.82, 2.24) is 4.98 Å². The molecule has 3 aromatic rings. The van der Waals surface area contributed by atoms with Crippen LogP contribution < -0.4 is 0 Å². The number of benzene rings is 2. The van der Waals surface area contributed by atoms with Crippen LogP contribution in [-0.4, -0.2) is 4.98 Å². The van der Waals surface area contributed by atoms with Crippen LogP contribution in [0, 0.1) is 32.4 Å². The maximum Gasteiger partial charge on any atom is 0.161 e. The molecule has 1 nitrogen and oxygen atoms in total. The second-order valence-corrected chi connectivity index (χ2v) is 5.49. The summed E-state index contributed by atoms with van der Waals surface area (Å²) in [5.74, 6) is -1.71. The summed E-state index contributed by atoms with van der Waals surface area (Å²) < 4.78 is 26.7. The third-order valence-corrected chi connectivity index (χ3v) is 3.54. The van der Waals surface area contributed by atoms with E-state index in [2.05, 4.69) is 11.1 Å². The molecule has 0 amide bonds. The zero-order valence-corrected chi connectivity index (χ0v) is 12.2. The molecule has 0 N–H and O–H groups in total. The molecule has 3 heteroatoms. The smallest absolute Gasteiger partial charge is 0.161 e. The van der Waals surface area contributed by atoms with Gasteiger partial charge in [-0.1, -0.05) is 17.2 Å². The topological polar surface area (TPSA) is 12.9 Å². The number of rotatable bonds is 1. The molecular formula is C18H15F2N. The molecule has 2 aromatic carbocycles. The van der Waals surface area contributed by atoms with Gasteiger partial charge in [0.15, 0.2) is 11.6 Å². The Kier molecular flexibility index (Phi) is 3.20. The van der Waals surface area contributed by atoms with Crippen LogP contribution >= 0.6 is 0 Å². The standard InChI is InChI=1S/C18H15F2N/c1-10-4-11(2)6-14(5-10)18-12(3)7-13-8-15(19)16(20)9-17(13)21-18/h4-9H,1-3H3. The number of pyridine rings is 1. The average Bonchev–Trinajstić information content (AvgIpc) is 2.39. The first-order valence-electron chi connectivity index (χ1n) is 6.79. The van der Waals surface area contributed by atoms with Gasteiger partial charge in [-0.15, -0.1) is 0 Å². The monoisotopic (exact) mass is 283 g/mol. The van der Waals surface area contributed by atoms with Gasteiger partial charge in [-0.25, -0.2) is 13.8 Å². The molecule has 106 valence electrons. The van der Waals surface area contributed by atoms with Crippen molar-refractivity contribution in [3.8, 4) is 11.3 Å². The Hall–Kier alpha value is -2.29. The SMILES string of the molecule is Cc1cc(C)cc(-c2nc3cc(F)c(F)cc3cc2C)c1. The predicted molar refractivity (Wildman–Crippen MR) is 81.3 cm³/mol. The summed E-state index contributed by atoms with van der Waals surface area (Å²) in [6, 6.07) is 10.4. The molecule has 0 radical (unpaired) electrons. The van der Waals surface area contributed by atoms with Crippen LogP contribution in [0.15, 0.2) is 36.4 Å². The lowest BCUT2D eigenvalue weighted by molar-refractivity contribution is 0.510. The fraction of sp³-hybridized carbons (Fsp3) is 0.167. The summed E-state index contributed by atoms with van der Waals surface area (Å²) in [5, 5.41) is 0.611. The van der Waals surface area contributed by atoms with E-state index in [9.17, 15) is 8.78 Å². The highest BCUT2D eigenvalue weighted by Gasteiger charge is 2.10. The second kappa shape index (κ2) is 4.92. The lowest BCUT2D eigenvalue weighted by atomic mass is 10.0. The van der Waals surface area contributed by atoms with E-state index in [1.807, 2.05) is 39.0 Å². The Labute approximate surface area is 122 Å². The maximum absolute atomic E-state index is 13.4. The average molecular weight is 283 g/mol. The first-order valence-corrected chi connectivity index (χ1v) is 6.79. The van der Waals surface area contributed by atoms with E-state index in [0.29, 0.717) is 10.9 Å². The number of aryl methyl sites for hydroxylation is 3. The molecule has 3 rings (SSSR count). The van der Waals surface area contributed by atoms with Crippen LogP contribution in [0.4, 0.5) is 8.78 Å². The van der Waals surface area contributed by atoms with Gasteiger partial charge in [-0.05, 0) is 50.6 Å². The maximum atomic E-state index is 13.4. The highest BCUT2D eigenvalue weighted by molar-refractivity contribution is 5.83. The molecule has 0 aliphatic carbocycles. The summed E-state index contributed by atoms with van der Waals surface area (Å²) in [7, 11) is 0. The van der Waals surface area contributed by atoms with Crippen molar-refractivity contribution in [2.24, 2.45) is 0 Å². The van der Waals surface area contributed by atoms with Crippen LogP contribution in [0.5, 0.6) is 0 Å². The first kappa shape index (κ1) is 13.7. The summed E-state index contributed by atoms with van der Waals surface area (Å²) in [5.41, 5.74) is 5.51. The molecule has 0 aliphatic rings. The molecule has 0 unspecified atom stereocenters. The number of aromatic nitrogens is 1. The van der Waals surface area contributed by atoms with Crippen LogP contribution in [0.25, 0.3) is 22.2 Å². The van der Waals surface area contributed by atoms with Gasteiger partial charge in [-0.2, -0.15) is 0 Å². The molecular weight excluding hydrogens is 268 g/mol. The number of hydrogen-bond acceptors (Lipinski definition) is 1. The zero-order chi connectivity index (χ0) is 15.1. The summed E-state index contributed by atoms with van der Waals surface area (Å²) in [4.78, 5) is 4.52. The number of halogens is 2. The van der Waals surface area contributed by atoms with Crippen molar-refractivity contribution in [2.45, 2.75) is 20.8 Å². The molecule has 0 fully saturated rings. The predicted octanol–water partition coefficient (Wildman–Crippen LogP) is 5.11. The Morgan fingerprint density at radius 3 is 2.05 bits per heavy atom. The third-order valence-electron chi connectivity index (χ3n) is 3.54. The van der Waals surface area contributed by atoms with Crippen molar-refractivity contribution in [1.29, 1.82) is 0 Å². The lowest BCUT2D eigenvalue weighted by Gasteiger charge is -2.10. The van der Waals surface area contributed by atoms with Crippen molar-refractivity contribution in [3.05, 3.63) is 64.7 Å². The van der Waals surface area contributed by atoms with E-state index in [1.54, 1.807) is 0 Å². The molecule has 0 bridgehead atoms. The molecule has 0 atom stereocenters. The Bertz CT molecular complexity index is 833. The fourth-order valence-electron chi connectivity index (χ4n) is 2.68. The van der Waals surface area contributed by atoms with Crippen LogP contribution in [-0.2, 0) is 0 Å². The molecule has 0 spiro atoms. The summed E-state index contributed by atoms with van der Waals surface area (Å²) in [6.07, 6.45) is 0. The van der Waals surface area contributed by atoms with Gasteiger partial charge < -0.3 is 0 Å². The lowest BCUT2D eigenvalue weighted by Crippen LogP contribution is -1.94. The van der Waals surface area contributed by atoms with Crippen molar-refractivity contribution < 1.29 is 8.78 Å². The van der Waals surface area contributed by atoms with Gasteiger partial charge in [0, 0.05) is 17.0 Å². The van der Waals surface area contributed by atoms with Crippen LogP contribution in [0.2, 0.25) is 0 Å². The quantitative estimate of drug-likeness (QED) is 0.605. The molecule has 21 heavy (non-hydrogen) atoms.